The molecule has 0 spiro atoms. The Labute approximate surface area is 109 Å². The van der Waals surface area contributed by atoms with Gasteiger partial charge in [-0.25, -0.2) is 4.98 Å². The third kappa shape index (κ3) is 3.20. The van der Waals surface area contributed by atoms with Gasteiger partial charge < -0.3 is 9.88 Å². The number of aromatic nitrogens is 2. The van der Waals surface area contributed by atoms with Gasteiger partial charge in [0.1, 0.15) is 5.82 Å². The number of nitrogens with zero attached hydrogens (tertiary/aromatic N) is 2. The van der Waals surface area contributed by atoms with Gasteiger partial charge in [-0.3, -0.25) is 0 Å². The predicted octanol–water partition coefficient (Wildman–Crippen LogP) is 2.62. The van der Waals surface area contributed by atoms with Crippen LogP contribution in [0.3, 0.4) is 0 Å². The topological polar surface area (TPSA) is 29.9 Å². The van der Waals surface area contributed by atoms with Crippen LogP contribution in [0.25, 0.3) is 0 Å². The molecule has 1 heterocycles. The fourth-order valence-corrected chi connectivity index (χ4v) is 2.10. The Morgan fingerprint density at radius 3 is 2.89 bits per heavy atom. The lowest BCUT2D eigenvalue weighted by atomic mass is 10.1. The fraction of sp³-hybridized carbons (Fsp3) is 0.400. The molecule has 0 fully saturated rings. The molecule has 0 unspecified atom stereocenters. The van der Waals surface area contributed by atoms with Crippen LogP contribution in [-0.2, 0) is 13.5 Å². The second-order valence-electron chi connectivity index (χ2n) is 4.79. The Hall–Kier alpha value is -1.61. The average molecular weight is 243 g/mol. The first-order valence-electron chi connectivity index (χ1n) is 6.43. The van der Waals surface area contributed by atoms with Crippen LogP contribution in [0.2, 0.25) is 0 Å². The number of imidazole rings is 1. The highest BCUT2D eigenvalue weighted by molar-refractivity contribution is 5.24. The lowest BCUT2D eigenvalue weighted by Crippen LogP contribution is -2.22. The van der Waals surface area contributed by atoms with Crippen LogP contribution >= 0.6 is 0 Å². The molecule has 0 aliphatic rings. The summed E-state index contributed by atoms with van der Waals surface area (Å²) in [5.74, 6) is 1.12. The molecule has 0 saturated heterocycles. The Kier molecular flexibility index (Phi) is 4.15. The first-order valence-corrected chi connectivity index (χ1v) is 6.43. The summed E-state index contributed by atoms with van der Waals surface area (Å²) in [6, 6.07) is 9.03. The molecule has 2 aromatic rings. The monoisotopic (exact) mass is 243 g/mol. The summed E-state index contributed by atoms with van der Waals surface area (Å²) in [7, 11) is 2.03. The number of benzene rings is 1. The van der Waals surface area contributed by atoms with E-state index in [2.05, 4.69) is 53.0 Å². The zero-order valence-electron chi connectivity index (χ0n) is 11.4. The quantitative estimate of drug-likeness (QED) is 0.875. The Morgan fingerprint density at radius 2 is 2.22 bits per heavy atom. The van der Waals surface area contributed by atoms with Crippen molar-refractivity contribution in [3.63, 3.8) is 0 Å². The van der Waals surface area contributed by atoms with E-state index in [9.17, 15) is 0 Å². The molecule has 0 aliphatic carbocycles. The molecule has 1 aromatic heterocycles. The van der Waals surface area contributed by atoms with Gasteiger partial charge in [0, 0.05) is 38.4 Å². The largest absolute Gasteiger partial charge is 0.338 e. The van der Waals surface area contributed by atoms with Gasteiger partial charge in [-0.2, -0.15) is 0 Å². The standard InChI is InChI=1S/C15H21N3/c1-12-5-4-6-14(11-12)13(2)16-8-7-15-17-9-10-18(15)3/h4-6,9-11,13,16H,7-8H2,1-3H3/t13-/m1/s1. The van der Waals surface area contributed by atoms with E-state index in [0.717, 1.165) is 18.8 Å². The first-order chi connectivity index (χ1) is 8.66. The molecular formula is C15H21N3. The van der Waals surface area contributed by atoms with Crippen molar-refractivity contribution in [3.05, 3.63) is 53.6 Å². The number of aryl methyl sites for hydroxylation is 2. The van der Waals surface area contributed by atoms with Gasteiger partial charge in [0.2, 0.25) is 0 Å². The van der Waals surface area contributed by atoms with Crippen molar-refractivity contribution in [3.8, 4) is 0 Å². The van der Waals surface area contributed by atoms with Crippen LogP contribution in [0.15, 0.2) is 36.7 Å². The molecular weight excluding hydrogens is 222 g/mol. The number of rotatable bonds is 5. The molecule has 1 N–H and O–H groups in total. The lowest BCUT2D eigenvalue weighted by Gasteiger charge is -2.14. The Morgan fingerprint density at radius 1 is 1.39 bits per heavy atom. The molecule has 3 heteroatoms. The highest BCUT2D eigenvalue weighted by Crippen LogP contribution is 2.13. The van der Waals surface area contributed by atoms with Crippen LogP contribution in [-0.4, -0.2) is 16.1 Å². The SMILES string of the molecule is Cc1cccc([C@@H](C)NCCc2nccn2C)c1. The Balaban J connectivity index is 1.85. The molecule has 0 bridgehead atoms. The molecule has 18 heavy (non-hydrogen) atoms. The van der Waals surface area contributed by atoms with E-state index in [-0.39, 0.29) is 0 Å². The minimum atomic E-state index is 0.380. The van der Waals surface area contributed by atoms with Crippen LogP contribution in [0.4, 0.5) is 0 Å². The highest BCUT2D eigenvalue weighted by atomic mass is 15.0. The normalized spacial score (nSPS) is 12.6. The summed E-state index contributed by atoms with van der Waals surface area (Å²) in [6.45, 7) is 5.28. The summed E-state index contributed by atoms with van der Waals surface area (Å²) in [6.07, 6.45) is 4.79. The second-order valence-corrected chi connectivity index (χ2v) is 4.79. The van der Waals surface area contributed by atoms with Crippen molar-refractivity contribution in [1.29, 1.82) is 0 Å². The van der Waals surface area contributed by atoms with Crippen molar-refractivity contribution < 1.29 is 0 Å². The number of hydrogen-bond donors (Lipinski definition) is 1. The maximum Gasteiger partial charge on any atom is 0.109 e. The smallest absolute Gasteiger partial charge is 0.109 e. The van der Waals surface area contributed by atoms with Crippen LogP contribution < -0.4 is 5.32 Å². The first kappa shape index (κ1) is 12.8. The molecule has 3 nitrogen and oxygen atoms in total. The van der Waals surface area contributed by atoms with Crippen LogP contribution in [0.5, 0.6) is 0 Å². The van der Waals surface area contributed by atoms with Gasteiger partial charge in [-0.05, 0) is 19.4 Å². The third-order valence-electron chi connectivity index (χ3n) is 3.26. The fourth-order valence-electron chi connectivity index (χ4n) is 2.10. The van der Waals surface area contributed by atoms with E-state index in [1.807, 2.05) is 19.4 Å². The molecule has 1 aromatic carbocycles. The summed E-state index contributed by atoms with van der Waals surface area (Å²) in [4.78, 5) is 4.32. The molecule has 0 aliphatic heterocycles. The second kappa shape index (κ2) is 5.83. The molecule has 1 atom stereocenters. The molecule has 2 rings (SSSR count). The van der Waals surface area contributed by atoms with Gasteiger partial charge in [0.25, 0.3) is 0 Å². The summed E-state index contributed by atoms with van der Waals surface area (Å²) < 4.78 is 2.07. The minimum absolute atomic E-state index is 0.380. The van der Waals surface area contributed by atoms with Crippen LogP contribution in [0.1, 0.15) is 29.9 Å². The van der Waals surface area contributed by atoms with Crippen molar-refractivity contribution in [1.82, 2.24) is 14.9 Å². The van der Waals surface area contributed by atoms with Crippen molar-refractivity contribution in [2.24, 2.45) is 7.05 Å². The van der Waals surface area contributed by atoms with E-state index < -0.39 is 0 Å². The summed E-state index contributed by atoms with van der Waals surface area (Å²) in [5.41, 5.74) is 2.65. The maximum absolute atomic E-state index is 4.32. The van der Waals surface area contributed by atoms with Gasteiger partial charge in [0.05, 0.1) is 0 Å². The van der Waals surface area contributed by atoms with Crippen molar-refractivity contribution >= 4 is 0 Å². The molecule has 0 saturated carbocycles. The highest BCUT2D eigenvalue weighted by Gasteiger charge is 2.05. The Bertz CT molecular complexity index is 502. The average Bonchev–Trinajstić information content (AvgIpc) is 2.75. The van der Waals surface area contributed by atoms with Crippen molar-refractivity contribution in [2.75, 3.05) is 6.54 Å². The molecule has 96 valence electrons. The van der Waals surface area contributed by atoms with Gasteiger partial charge >= 0.3 is 0 Å². The number of hydrogen-bond acceptors (Lipinski definition) is 2. The number of nitrogens with one attached hydrogen (secondary N) is 1. The zero-order valence-corrected chi connectivity index (χ0v) is 11.4. The van der Waals surface area contributed by atoms with E-state index >= 15 is 0 Å². The molecule has 0 amide bonds. The van der Waals surface area contributed by atoms with Crippen LogP contribution in [0, 0.1) is 6.92 Å². The van der Waals surface area contributed by atoms with Gasteiger partial charge in [0.15, 0.2) is 0 Å². The van der Waals surface area contributed by atoms with E-state index in [1.54, 1.807) is 0 Å². The van der Waals surface area contributed by atoms with Crippen molar-refractivity contribution in [2.45, 2.75) is 26.3 Å². The lowest BCUT2D eigenvalue weighted by molar-refractivity contribution is 0.565. The maximum atomic E-state index is 4.32. The van der Waals surface area contributed by atoms with E-state index in [1.165, 1.54) is 11.1 Å². The third-order valence-corrected chi connectivity index (χ3v) is 3.26. The van der Waals surface area contributed by atoms with E-state index in [0.29, 0.717) is 6.04 Å². The summed E-state index contributed by atoms with van der Waals surface area (Å²) in [5, 5.41) is 3.54. The minimum Gasteiger partial charge on any atom is -0.338 e. The molecule has 0 radical (unpaired) electrons. The van der Waals surface area contributed by atoms with Gasteiger partial charge in [-0.1, -0.05) is 29.8 Å². The van der Waals surface area contributed by atoms with E-state index in [4.69, 9.17) is 0 Å². The summed E-state index contributed by atoms with van der Waals surface area (Å²) >= 11 is 0. The van der Waals surface area contributed by atoms with Gasteiger partial charge in [-0.15, -0.1) is 0 Å². The predicted molar refractivity (Wildman–Crippen MR) is 74.5 cm³/mol. The zero-order chi connectivity index (χ0) is 13.0.